The fourth-order valence-corrected chi connectivity index (χ4v) is 2.83. The molecule has 0 radical (unpaired) electrons. The van der Waals surface area contributed by atoms with Gasteiger partial charge in [0, 0.05) is 5.02 Å². The first-order valence-electron chi connectivity index (χ1n) is 6.14. The lowest BCUT2D eigenvalue weighted by Crippen LogP contribution is -1.99. The van der Waals surface area contributed by atoms with Crippen LogP contribution in [0.3, 0.4) is 0 Å². The molecule has 3 nitrogen and oxygen atoms in total. The highest BCUT2D eigenvalue weighted by Gasteiger charge is 2.02. The molecule has 1 aromatic heterocycles. The number of para-hydroxylation sites is 1. The lowest BCUT2D eigenvalue weighted by Gasteiger charge is -2.01. The zero-order valence-electron chi connectivity index (χ0n) is 10.8. The van der Waals surface area contributed by atoms with Gasteiger partial charge in [0.25, 0.3) is 0 Å². The first-order chi connectivity index (χ1) is 9.72. The minimum atomic E-state index is 0.706. The van der Waals surface area contributed by atoms with Crippen LogP contribution in [0.4, 0.5) is 5.13 Å². The summed E-state index contributed by atoms with van der Waals surface area (Å²) >= 11 is 7.56. The summed E-state index contributed by atoms with van der Waals surface area (Å²) in [6.45, 7) is 1.94. The van der Waals surface area contributed by atoms with E-state index < -0.39 is 0 Å². The number of rotatable bonds is 3. The van der Waals surface area contributed by atoms with E-state index in [1.807, 2.05) is 55.5 Å². The van der Waals surface area contributed by atoms with Gasteiger partial charge in [0.15, 0.2) is 0 Å². The first-order valence-corrected chi connectivity index (χ1v) is 7.33. The van der Waals surface area contributed by atoms with E-state index in [1.165, 1.54) is 0 Å². The van der Waals surface area contributed by atoms with Gasteiger partial charge in [-0.15, -0.1) is 0 Å². The Hall–Kier alpha value is -1.91. The molecule has 0 bridgehead atoms. The number of halogens is 1. The number of thiazole rings is 1. The summed E-state index contributed by atoms with van der Waals surface area (Å²) in [6, 6.07) is 15.6. The second-order valence-electron chi connectivity index (χ2n) is 4.31. The van der Waals surface area contributed by atoms with Gasteiger partial charge in [-0.05, 0) is 36.8 Å². The number of hydrazone groups is 1. The van der Waals surface area contributed by atoms with Crippen molar-refractivity contribution in [1.82, 2.24) is 4.98 Å². The van der Waals surface area contributed by atoms with Crippen LogP contribution in [0.25, 0.3) is 10.2 Å². The molecular weight excluding hydrogens is 290 g/mol. The van der Waals surface area contributed by atoms with Crippen LogP contribution in [0.5, 0.6) is 0 Å². The molecule has 100 valence electrons. The molecule has 0 unspecified atom stereocenters. The predicted octanol–water partition coefficient (Wildman–Crippen LogP) is 4.79. The maximum Gasteiger partial charge on any atom is 0.204 e. The topological polar surface area (TPSA) is 37.3 Å². The lowest BCUT2D eigenvalue weighted by atomic mass is 10.1. The van der Waals surface area contributed by atoms with Crippen molar-refractivity contribution < 1.29 is 0 Å². The third kappa shape index (κ3) is 2.81. The van der Waals surface area contributed by atoms with Crippen molar-refractivity contribution in [3.8, 4) is 0 Å². The van der Waals surface area contributed by atoms with Crippen LogP contribution < -0.4 is 5.43 Å². The van der Waals surface area contributed by atoms with Crippen LogP contribution in [0.2, 0.25) is 5.02 Å². The summed E-state index contributed by atoms with van der Waals surface area (Å²) in [4.78, 5) is 4.47. The fraction of sp³-hybridized carbons (Fsp3) is 0.0667. The Labute approximate surface area is 125 Å². The molecule has 0 amide bonds. The Morgan fingerprint density at radius 2 is 2.05 bits per heavy atom. The smallest absolute Gasteiger partial charge is 0.204 e. The monoisotopic (exact) mass is 301 g/mol. The van der Waals surface area contributed by atoms with Crippen molar-refractivity contribution >= 4 is 44.0 Å². The molecule has 2 aromatic carbocycles. The van der Waals surface area contributed by atoms with E-state index >= 15 is 0 Å². The number of benzene rings is 2. The maximum absolute atomic E-state index is 5.97. The zero-order valence-corrected chi connectivity index (χ0v) is 12.4. The number of fused-ring (bicyclic) bond motifs is 1. The Bertz CT molecular complexity index is 746. The summed E-state index contributed by atoms with van der Waals surface area (Å²) in [7, 11) is 0. The van der Waals surface area contributed by atoms with Gasteiger partial charge in [-0.3, -0.25) is 5.43 Å². The average molecular weight is 302 g/mol. The van der Waals surface area contributed by atoms with Crippen molar-refractivity contribution in [2.45, 2.75) is 6.92 Å². The largest absolute Gasteiger partial charge is 0.252 e. The Balaban J connectivity index is 1.82. The molecule has 0 saturated heterocycles. The van der Waals surface area contributed by atoms with Crippen LogP contribution >= 0.6 is 22.9 Å². The molecular formula is C15H12ClN3S. The molecule has 0 aliphatic heterocycles. The summed E-state index contributed by atoms with van der Waals surface area (Å²) in [6.07, 6.45) is 0. The highest BCUT2D eigenvalue weighted by atomic mass is 35.5. The Morgan fingerprint density at radius 3 is 2.85 bits per heavy atom. The number of hydrogen-bond acceptors (Lipinski definition) is 4. The average Bonchev–Trinajstić information content (AvgIpc) is 2.87. The van der Waals surface area contributed by atoms with Crippen LogP contribution in [-0.2, 0) is 0 Å². The highest BCUT2D eigenvalue weighted by Crippen LogP contribution is 2.25. The Morgan fingerprint density at radius 1 is 1.20 bits per heavy atom. The van der Waals surface area contributed by atoms with E-state index in [9.17, 15) is 0 Å². The van der Waals surface area contributed by atoms with E-state index in [0.717, 1.165) is 26.6 Å². The van der Waals surface area contributed by atoms with Crippen LogP contribution in [0.1, 0.15) is 12.5 Å². The fourth-order valence-electron chi connectivity index (χ4n) is 1.83. The number of aromatic nitrogens is 1. The lowest BCUT2D eigenvalue weighted by molar-refractivity contribution is 1.29. The van der Waals surface area contributed by atoms with Gasteiger partial charge in [-0.1, -0.05) is 47.2 Å². The van der Waals surface area contributed by atoms with Crippen molar-refractivity contribution in [1.29, 1.82) is 0 Å². The second-order valence-corrected chi connectivity index (χ2v) is 5.77. The van der Waals surface area contributed by atoms with Crippen molar-refractivity contribution in [3.05, 3.63) is 59.1 Å². The van der Waals surface area contributed by atoms with Crippen LogP contribution in [0, 0.1) is 0 Å². The van der Waals surface area contributed by atoms with Crippen molar-refractivity contribution in [2.75, 3.05) is 5.43 Å². The van der Waals surface area contributed by atoms with Crippen LogP contribution in [0.15, 0.2) is 53.6 Å². The van der Waals surface area contributed by atoms with E-state index in [4.69, 9.17) is 11.6 Å². The third-order valence-corrected chi connectivity index (χ3v) is 4.03. The summed E-state index contributed by atoms with van der Waals surface area (Å²) in [5, 5.41) is 5.85. The molecule has 1 N–H and O–H groups in total. The number of anilines is 1. The molecule has 1 heterocycles. The molecule has 20 heavy (non-hydrogen) atoms. The minimum absolute atomic E-state index is 0.706. The maximum atomic E-state index is 5.97. The van der Waals surface area contributed by atoms with E-state index in [1.54, 1.807) is 11.3 Å². The van der Waals surface area contributed by atoms with Gasteiger partial charge < -0.3 is 0 Å². The second kappa shape index (κ2) is 5.61. The SMILES string of the molecule is C/C(=N\Nc1nc2ccccc2s1)c1cccc(Cl)c1. The third-order valence-electron chi connectivity index (χ3n) is 2.86. The molecule has 0 aliphatic carbocycles. The highest BCUT2D eigenvalue weighted by molar-refractivity contribution is 7.22. The zero-order chi connectivity index (χ0) is 13.9. The van der Waals surface area contributed by atoms with Gasteiger partial charge >= 0.3 is 0 Å². The van der Waals surface area contributed by atoms with E-state index in [-0.39, 0.29) is 0 Å². The molecule has 3 rings (SSSR count). The van der Waals surface area contributed by atoms with Crippen LogP contribution in [-0.4, -0.2) is 10.7 Å². The molecule has 0 spiro atoms. The van der Waals surface area contributed by atoms with Crippen molar-refractivity contribution in [3.63, 3.8) is 0 Å². The van der Waals surface area contributed by atoms with Crippen molar-refractivity contribution in [2.24, 2.45) is 5.10 Å². The molecule has 0 saturated carbocycles. The predicted molar refractivity (Wildman–Crippen MR) is 86.9 cm³/mol. The van der Waals surface area contributed by atoms with Gasteiger partial charge in [0.05, 0.1) is 15.9 Å². The molecule has 0 atom stereocenters. The van der Waals surface area contributed by atoms with Gasteiger partial charge in [-0.2, -0.15) is 5.10 Å². The van der Waals surface area contributed by atoms with Gasteiger partial charge in [0.1, 0.15) is 0 Å². The number of nitrogens with one attached hydrogen (secondary N) is 1. The number of hydrogen-bond donors (Lipinski definition) is 1. The quantitative estimate of drug-likeness (QED) is 0.558. The van der Waals surface area contributed by atoms with E-state index in [0.29, 0.717) is 5.02 Å². The van der Waals surface area contributed by atoms with Gasteiger partial charge in [-0.25, -0.2) is 4.98 Å². The summed E-state index contributed by atoms with van der Waals surface area (Å²) < 4.78 is 1.14. The van der Waals surface area contributed by atoms with Gasteiger partial charge in [0.2, 0.25) is 5.13 Å². The molecule has 5 heteroatoms. The molecule has 0 fully saturated rings. The summed E-state index contributed by atoms with van der Waals surface area (Å²) in [5.41, 5.74) is 5.85. The molecule has 3 aromatic rings. The summed E-state index contributed by atoms with van der Waals surface area (Å²) in [5.74, 6) is 0. The minimum Gasteiger partial charge on any atom is -0.252 e. The first kappa shape index (κ1) is 13.1. The normalized spacial score (nSPS) is 11.8. The Kier molecular flexibility index (Phi) is 3.67. The van der Waals surface area contributed by atoms with E-state index in [2.05, 4.69) is 15.5 Å². The molecule has 0 aliphatic rings. The number of nitrogens with zero attached hydrogens (tertiary/aromatic N) is 2. The standard InChI is InChI=1S/C15H12ClN3S/c1-10(11-5-4-6-12(16)9-11)18-19-15-17-13-7-2-3-8-14(13)20-15/h2-9H,1H3,(H,17,19)/b18-10+.